The van der Waals surface area contributed by atoms with Crippen molar-refractivity contribution in [1.82, 2.24) is 15.3 Å². The Morgan fingerprint density at radius 3 is 2.49 bits per heavy atom. The van der Waals surface area contributed by atoms with Gasteiger partial charge in [0, 0.05) is 31.6 Å². The van der Waals surface area contributed by atoms with Crippen LogP contribution in [0.3, 0.4) is 0 Å². The summed E-state index contributed by atoms with van der Waals surface area (Å²) < 4.78 is 45.4. The van der Waals surface area contributed by atoms with E-state index >= 15 is 0 Å². The molecule has 2 heterocycles. The number of piperidine rings is 1. The first-order valence-electron chi connectivity index (χ1n) is 11.6. The predicted molar refractivity (Wildman–Crippen MR) is 126 cm³/mol. The van der Waals surface area contributed by atoms with Crippen LogP contribution in [-0.2, 0) is 23.9 Å². The number of aryl methyl sites for hydroxylation is 1. The van der Waals surface area contributed by atoms with Gasteiger partial charge in [0.15, 0.2) is 0 Å². The van der Waals surface area contributed by atoms with Gasteiger partial charge in [-0.1, -0.05) is 37.3 Å². The van der Waals surface area contributed by atoms with E-state index in [4.69, 9.17) is 4.74 Å². The highest BCUT2D eigenvalue weighted by Crippen LogP contribution is 2.32. The Morgan fingerprint density at radius 1 is 1.09 bits per heavy atom. The first-order valence-corrected chi connectivity index (χ1v) is 11.6. The molecular weight excluding hydrogens is 457 g/mol. The van der Waals surface area contributed by atoms with E-state index in [0.29, 0.717) is 43.4 Å². The Labute approximate surface area is 202 Å². The summed E-state index contributed by atoms with van der Waals surface area (Å²) in [6, 6.07) is 14.9. The van der Waals surface area contributed by atoms with Crippen molar-refractivity contribution in [2.24, 2.45) is 5.92 Å². The minimum Gasteiger partial charge on any atom is -0.439 e. The number of carbonyl (C=O) groups is 1. The molecule has 3 aromatic rings. The van der Waals surface area contributed by atoms with Gasteiger partial charge < -0.3 is 15.0 Å². The van der Waals surface area contributed by atoms with Crippen LogP contribution in [0.2, 0.25) is 0 Å². The van der Waals surface area contributed by atoms with Crippen LogP contribution in [0.25, 0.3) is 0 Å². The predicted octanol–water partition coefficient (Wildman–Crippen LogP) is 5.38. The molecule has 4 rings (SSSR count). The number of nitrogens with one attached hydrogen (secondary N) is 1. The van der Waals surface area contributed by atoms with E-state index in [9.17, 15) is 18.0 Å². The lowest BCUT2D eigenvalue weighted by molar-refractivity contribution is -0.138. The number of benzene rings is 2. The molecule has 35 heavy (non-hydrogen) atoms. The zero-order chi connectivity index (χ0) is 24.8. The molecule has 1 N–H and O–H groups in total. The molecule has 0 atom stereocenters. The van der Waals surface area contributed by atoms with Crippen LogP contribution in [0.5, 0.6) is 11.6 Å². The second-order valence-electron chi connectivity index (χ2n) is 8.45. The Balaban J connectivity index is 1.31. The second-order valence-corrected chi connectivity index (χ2v) is 8.45. The molecule has 1 aliphatic rings. The van der Waals surface area contributed by atoms with Gasteiger partial charge in [-0.2, -0.15) is 13.2 Å². The van der Waals surface area contributed by atoms with Gasteiger partial charge >= 0.3 is 6.18 Å². The minimum absolute atomic E-state index is 0.0589. The van der Waals surface area contributed by atoms with Crippen molar-refractivity contribution >= 4 is 11.7 Å². The molecule has 1 amide bonds. The zero-order valence-corrected chi connectivity index (χ0v) is 19.4. The summed E-state index contributed by atoms with van der Waals surface area (Å²) in [6.07, 6.45) is -0.905. The number of halogens is 3. The van der Waals surface area contributed by atoms with Gasteiger partial charge in [0.1, 0.15) is 17.9 Å². The lowest BCUT2D eigenvalue weighted by atomic mass is 9.95. The number of aromatic nitrogens is 2. The third-order valence-corrected chi connectivity index (χ3v) is 6.15. The van der Waals surface area contributed by atoms with E-state index in [-0.39, 0.29) is 23.9 Å². The molecular formula is C26H27F3N4O2. The maximum atomic E-state index is 13.2. The van der Waals surface area contributed by atoms with Gasteiger partial charge in [-0.25, -0.2) is 9.97 Å². The standard InChI is InChI=1S/C26H27F3N4O2/c1-2-18-7-9-21(10-8-18)35-24-15-23(31-17-32-24)33-13-11-19(12-14-33)25(34)30-16-20-5-3-4-6-22(20)26(27,28)29/h3-10,15,17,19H,2,11-14,16H2,1H3,(H,30,34). The van der Waals surface area contributed by atoms with E-state index in [2.05, 4.69) is 27.1 Å². The Hall–Kier alpha value is -3.62. The SMILES string of the molecule is CCc1ccc(Oc2cc(N3CCC(C(=O)NCc4ccccc4C(F)(F)F)CC3)ncn2)cc1. The third kappa shape index (κ3) is 6.29. The number of rotatable bonds is 7. The maximum absolute atomic E-state index is 13.2. The molecule has 0 saturated carbocycles. The van der Waals surface area contributed by atoms with Crippen LogP contribution >= 0.6 is 0 Å². The number of ether oxygens (including phenoxy) is 1. The summed E-state index contributed by atoms with van der Waals surface area (Å²) in [5.41, 5.74) is 0.555. The molecule has 9 heteroatoms. The molecule has 1 aliphatic heterocycles. The smallest absolute Gasteiger partial charge is 0.416 e. The number of hydrogen-bond acceptors (Lipinski definition) is 5. The Bertz CT molecular complexity index is 1140. The Morgan fingerprint density at radius 2 is 1.80 bits per heavy atom. The van der Waals surface area contributed by atoms with Gasteiger partial charge in [0.25, 0.3) is 0 Å². The van der Waals surface area contributed by atoms with Crippen molar-refractivity contribution in [3.8, 4) is 11.6 Å². The highest BCUT2D eigenvalue weighted by molar-refractivity contribution is 5.79. The van der Waals surface area contributed by atoms with Crippen LogP contribution in [0.4, 0.5) is 19.0 Å². The quantitative estimate of drug-likeness (QED) is 0.488. The van der Waals surface area contributed by atoms with Gasteiger partial charge in [-0.05, 0) is 48.6 Å². The van der Waals surface area contributed by atoms with Gasteiger partial charge in [-0.3, -0.25) is 4.79 Å². The number of hydrogen-bond donors (Lipinski definition) is 1. The van der Waals surface area contributed by atoms with Crippen LogP contribution in [-0.4, -0.2) is 29.0 Å². The van der Waals surface area contributed by atoms with Crippen molar-refractivity contribution in [2.75, 3.05) is 18.0 Å². The number of anilines is 1. The fourth-order valence-electron chi connectivity index (χ4n) is 4.12. The summed E-state index contributed by atoms with van der Waals surface area (Å²) in [4.78, 5) is 23.2. The lowest BCUT2D eigenvalue weighted by Crippen LogP contribution is -2.40. The monoisotopic (exact) mass is 484 g/mol. The molecule has 0 radical (unpaired) electrons. The number of amides is 1. The minimum atomic E-state index is -4.45. The average Bonchev–Trinajstić information content (AvgIpc) is 2.87. The van der Waals surface area contributed by atoms with Crippen LogP contribution < -0.4 is 15.0 Å². The molecule has 0 spiro atoms. The second kappa shape index (κ2) is 10.8. The van der Waals surface area contributed by atoms with Gasteiger partial charge in [0.05, 0.1) is 5.56 Å². The fraction of sp³-hybridized carbons (Fsp3) is 0.346. The summed E-state index contributed by atoms with van der Waals surface area (Å²) in [5, 5.41) is 2.68. The number of alkyl halides is 3. The Kier molecular flexibility index (Phi) is 7.53. The molecule has 1 saturated heterocycles. The van der Waals surface area contributed by atoms with Crippen molar-refractivity contribution in [3.63, 3.8) is 0 Å². The van der Waals surface area contributed by atoms with Gasteiger partial charge in [0.2, 0.25) is 11.8 Å². The summed E-state index contributed by atoms with van der Waals surface area (Å²) in [6.45, 7) is 3.13. The molecule has 1 fully saturated rings. The molecule has 2 aromatic carbocycles. The first kappa shape index (κ1) is 24.5. The average molecular weight is 485 g/mol. The summed E-state index contributed by atoms with van der Waals surface area (Å²) >= 11 is 0. The molecule has 184 valence electrons. The van der Waals surface area contributed by atoms with E-state index in [0.717, 1.165) is 12.5 Å². The van der Waals surface area contributed by atoms with E-state index in [1.165, 1.54) is 30.1 Å². The maximum Gasteiger partial charge on any atom is 0.416 e. The topological polar surface area (TPSA) is 67.3 Å². The third-order valence-electron chi connectivity index (χ3n) is 6.15. The van der Waals surface area contributed by atoms with Crippen molar-refractivity contribution in [1.29, 1.82) is 0 Å². The molecule has 6 nitrogen and oxygen atoms in total. The van der Waals surface area contributed by atoms with E-state index in [1.807, 2.05) is 24.3 Å². The molecule has 0 unspecified atom stereocenters. The zero-order valence-electron chi connectivity index (χ0n) is 19.4. The number of nitrogens with zero attached hydrogens (tertiary/aromatic N) is 3. The highest BCUT2D eigenvalue weighted by atomic mass is 19.4. The number of carbonyl (C=O) groups excluding carboxylic acids is 1. The molecule has 1 aromatic heterocycles. The van der Waals surface area contributed by atoms with Crippen LogP contribution in [0, 0.1) is 5.92 Å². The first-order chi connectivity index (χ1) is 16.8. The van der Waals surface area contributed by atoms with Gasteiger partial charge in [-0.15, -0.1) is 0 Å². The van der Waals surface area contributed by atoms with E-state index in [1.54, 1.807) is 6.07 Å². The lowest BCUT2D eigenvalue weighted by Gasteiger charge is -2.32. The fourth-order valence-corrected chi connectivity index (χ4v) is 4.12. The van der Waals surface area contributed by atoms with Crippen molar-refractivity contribution in [2.45, 2.75) is 38.9 Å². The molecule has 0 aliphatic carbocycles. The molecule has 0 bridgehead atoms. The van der Waals surface area contributed by atoms with E-state index < -0.39 is 11.7 Å². The normalized spacial score (nSPS) is 14.6. The van der Waals surface area contributed by atoms with Crippen molar-refractivity contribution in [3.05, 3.63) is 77.6 Å². The summed E-state index contributed by atoms with van der Waals surface area (Å²) in [7, 11) is 0. The van der Waals surface area contributed by atoms with Crippen LogP contribution in [0.15, 0.2) is 60.9 Å². The largest absolute Gasteiger partial charge is 0.439 e. The highest BCUT2D eigenvalue weighted by Gasteiger charge is 2.33. The summed E-state index contributed by atoms with van der Waals surface area (Å²) in [5.74, 6) is 1.33. The van der Waals surface area contributed by atoms with Crippen LogP contribution in [0.1, 0.15) is 36.5 Å². The van der Waals surface area contributed by atoms with Crippen molar-refractivity contribution < 1.29 is 22.7 Å².